The summed E-state index contributed by atoms with van der Waals surface area (Å²) in [5.74, 6) is 0.423. The predicted molar refractivity (Wildman–Crippen MR) is 82.1 cm³/mol. The third kappa shape index (κ3) is 4.93. The summed E-state index contributed by atoms with van der Waals surface area (Å²) in [5, 5.41) is 10.7. The maximum absolute atomic E-state index is 12.8. The summed E-state index contributed by atoms with van der Waals surface area (Å²) in [6, 6.07) is 4.94. The van der Waals surface area contributed by atoms with Gasteiger partial charge in [0.15, 0.2) is 0 Å². The standard InChI is InChI=1S/C17H24F3NO2/c1-3-23-11-13-7-8-21(10-13)12-16(2,22)14-5-4-6-15(9-14)17(18,19)20/h4-6,9,13,22H,3,7-8,10-12H2,1-2H3. The zero-order chi connectivity index (χ0) is 17.1. The molecule has 0 amide bonds. The molecule has 6 heteroatoms. The molecule has 2 atom stereocenters. The van der Waals surface area contributed by atoms with E-state index in [1.807, 2.05) is 6.92 Å². The Morgan fingerprint density at radius 1 is 1.30 bits per heavy atom. The summed E-state index contributed by atoms with van der Waals surface area (Å²) in [5.41, 5.74) is -1.76. The quantitative estimate of drug-likeness (QED) is 0.868. The van der Waals surface area contributed by atoms with Gasteiger partial charge in [0.2, 0.25) is 0 Å². The van der Waals surface area contributed by atoms with Crippen LogP contribution < -0.4 is 0 Å². The average molecular weight is 331 g/mol. The van der Waals surface area contributed by atoms with Crippen LogP contribution in [0.5, 0.6) is 0 Å². The Hall–Kier alpha value is -1.11. The lowest BCUT2D eigenvalue weighted by atomic mass is 9.93. The summed E-state index contributed by atoms with van der Waals surface area (Å²) in [6.07, 6.45) is -3.42. The number of hydrogen-bond acceptors (Lipinski definition) is 3. The second-order valence-corrected chi connectivity index (χ2v) is 6.40. The monoisotopic (exact) mass is 331 g/mol. The van der Waals surface area contributed by atoms with Crippen LogP contribution in [-0.4, -0.2) is 42.9 Å². The van der Waals surface area contributed by atoms with Crippen LogP contribution in [0.2, 0.25) is 0 Å². The minimum absolute atomic E-state index is 0.292. The fourth-order valence-electron chi connectivity index (χ4n) is 3.03. The van der Waals surface area contributed by atoms with Crippen LogP contribution >= 0.6 is 0 Å². The van der Waals surface area contributed by atoms with Crippen molar-refractivity contribution < 1.29 is 23.0 Å². The van der Waals surface area contributed by atoms with Gasteiger partial charge in [0.1, 0.15) is 0 Å². The lowest BCUT2D eigenvalue weighted by Gasteiger charge is -2.30. The molecule has 1 heterocycles. The van der Waals surface area contributed by atoms with E-state index in [4.69, 9.17) is 4.74 Å². The minimum atomic E-state index is -4.40. The van der Waals surface area contributed by atoms with E-state index in [1.54, 1.807) is 13.0 Å². The van der Waals surface area contributed by atoms with Gasteiger partial charge in [-0.25, -0.2) is 0 Å². The molecule has 130 valence electrons. The summed E-state index contributed by atoms with van der Waals surface area (Å²) in [6.45, 7) is 6.83. The topological polar surface area (TPSA) is 32.7 Å². The highest BCUT2D eigenvalue weighted by Crippen LogP contribution is 2.33. The fourth-order valence-corrected chi connectivity index (χ4v) is 3.03. The highest BCUT2D eigenvalue weighted by molar-refractivity contribution is 5.29. The number of β-amino-alcohol motifs (C(OH)–C–C–N with tert-alkyl or cyclic N) is 1. The van der Waals surface area contributed by atoms with Crippen molar-refractivity contribution in [2.24, 2.45) is 5.92 Å². The molecular weight excluding hydrogens is 307 g/mol. The molecule has 23 heavy (non-hydrogen) atoms. The maximum Gasteiger partial charge on any atom is 0.416 e. The summed E-state index contributed by atoms with van der Waals surface area (Å²) >= 11 is 0. The Bertz CT molecular complexity index is 517. The number of hydrogen-bond donors (Lipinski definition) is 1. The van der Waals surface area contributed by atoms with Crippen LogP contribution in [0.15, 0.2) is 24.3 Å². The lowest BCUT2D eigenvalue weighted by molar-refractivity contribution is -0.137. The van der Waals surface area contributed by atoms with Crippen molar-refractivity contribution >= 4 is 0 Å². The number of rotatable bonds is 6. The molecule has 1 aliphatic rings. The van der Waals surface area contributed by atoms with Crippen molar-refractivity contribution in [2.45, 2.75) is 32.0 Å². The summed E-state index contributed by atoms with van der Waals surface area (Å²) in [7, 11) is 0. The van der Waals surface area contributed by atoms with Crippen molar-refractivity contribution in [3.05, 3.63) is 35.4 Å². The molecule has 1 fully saturated rings. The van der Waals surface area contributed by atoms with Gasteiger partial charge in [-0.1, -0.05) is 12.1 Å². The number of benzene rings is 1. The first kappa shape index (κ1) is 18.2. The number of ether oxygens (including phenoxy) is 1. The van der Waals surface area contributed by atoms with Gasteiger partial charge in [-0.2, -0.15) is 13.2 Å². The Kier molecular flexibility index (Phi) is 5.70. The smallest absolute Gasteiger partial charge is 0.384 e. The number of halogens is 3. The van der Waals surface area contributed by atoms with E-state index in [0.29, 0.717) is 31.2 Å². The van der Waals surface area contributed by atoms with Gasteiger partial charge < -0.3 is 9.84 Å². The van der Waals surface area contributed by atoms with Crippen molar-refractivity contribution in [1.29, 1.82) is 0 Å². The van der Waals surface area contributed by atoms with E-state index in [0.717, 1.165) is 31.6 Å². The highest BCUT2D eigenvalue weighted by Gasteiger charge is 2.34. The molecule has 2 rings (SSSR count). The molecule has 2 unspecified atom stereocenters. The van der Waals surface area contributed by atoms with E-state index < -0.39 is 17.3 Å². The van der Waals surface area contributed by atoms with Crippen LogP contribution in [-0.2, 0) is 16.5 Å². The van der Waals surface area contributed by atoms with Gasteiger partial charge in [0, 0.05) is 19.7 Å². The van der Waals surface area contributed by atoms with Crippen LogP contribution in [0.4, 0.5) is 13.2 Å². The molecule has 0 aromatic heterocycles. The Labute approximate surface area is 135 Å². The largest absolute Gasteiger partial charge is 0.416 e. The maximum atomic E-state index is 12.8. The normalized spacial score (nSPS) is 22.3. The zero-order valence-corrected chi connectivity index (χ0v) is 13.6. The lowest BCUT2D eigenvalue weighted by Crippen LogP contribution is -2.38. The van der Waals surface area contributed by atoms with Gasteiger partial charge in [-0.3, -0.25) is 4.90 Å². The van der Waals surface area contributed by atoms with Crippen LogP contribution in [0.3, 0.4) is 0 Å². The molecule has 1 aromatic rings. The van der Waals surface area contributed by atoms with Crippen LogP contribution in [0, 0.1) is 5.92 Å². The molecule has 1 aliphatic heterocycles. The summed E-state index contributed by atoms with van der Waals surface area (Å²) < 4.78 is 43.9. The molecule has 0 bridgehead atoms. The summed E-state index contributed by atoms with van der Waals surface area (Å²) in [4.78, 5) is 2.09. The van der Waals surface area contributed by atoms with Crippen molar-refractivity contribution in [3.8, 4) is 0 Å². The van der Waals surface area contributed by atoms with E-state index >= 15 is 0 Å². The fraction of sp³-hybridized carbons (Fsp3) is 0.647. The SMILES string of the molecule is CCOCC1CCN(CC(C)(O)c2cccc(C(F)(F)F)c2)C1. The Morgan fingerprint density at radius 3 is 2.65 bits per heavy atom. The van der Waals surface area contributed by atoms with E-state index in [1.165, 1.54) is 6.07 Å². The third-order valence-electron chi connectivity index (χ3n) is 4.27. The molecule has 1 N–H and O–H groups in total. The molecule has 0 radical (unpaired) electrons. The van der Waals surface area contributed by atoms with Gasteiger partial charge in [-0.15, -0.1) is 0 Å². The first-order valence-corrected chi connectivity index (χ1v) is 7.92. The second-order valence-electron chi connectivity index (χ2n) is 6.40. The molecule has 1 aromatic carbocycles. The van der Waals surface area contributed by atoms with E-state index in [9.17, 15) is 18.3 Å². The Morgan fingerprint density at radius 2 is 2.00 bits per heavy atom. The number of alkyl halides is 3. The molecule has 0 spiro atoms. The van der Waals surface area contributed by atoms with Crippen molar-refractivity contribution in [1.82, 2.24) is 4.90 Å². The first-order valence-electron chi connectivity index (χ1n) is 7.92. The molecule has 1 saturated heterocycles. The van der Waals surface area contributed by atoms with Gasteiger partial charge in [0.05, 0.1) is 17.8 Å². The van der Waals surface area contributed by atoms with E-state index in [-0.39, 0.29) is 0 Å². The van der Waals surface area contributed by atoms with Crippen molar-refractivity contribution in [2.75, 3.05) is 32.8 Å². The van der Waals surface area contributed by atoms with Crippen molar-refractivity contribution in [3.63, 3.8) is 0 Å². The molecule has 3 nitrogen and oxygen atoms in total. The van der Waals surface area contributed by atoms with Crippen LogP contribution in [0.1, 0.15) is 31.4 Å². The number of aliphatic hydroxyl groups is 1. The molecular formula is C17H24F3NO2. The predicted octanol–water partition coefficient (Wildman–Crippen LogP) is 3.27. The number of nitrogens with zero attached hydrogens (tertiary/aromatic N) is 1. The van der Waals surface area contributed by atoms with Gasteiger partial charge in [0.25, 0.3) is 0 Å². The number of likely N-dealkylation sites (tertiary alicyclic amines) is 1. The first-order chi connectivity index (χ1) is 10.7. The van der Waals surface area contributed by atoms with E-state index in [2.05, 4.69) is 4.90 Å². The van der Waals surface area contributed by atoms with Crippen LogP contribution in [0.25, 0.3) is 0 Å². The average Bonchev–Trinajstić information content (AvgIpc) is 2.91. The molecule has 0 aliphatic carbocycles. The van der Waals surface area contributed by atoms with Gasteiger partial charge >= 0.3 is 6.18 Å². The Balaban J connectivity index is 2.02. The highest BCUT2D eigenvalue weighted by atomic mass is 19.4. The molecule has 0 saturated carbocycles. The zero-order valence-electron chi connectivity index (χ0n) is 13.6. The minimum Gasteiger partial charge on any atom is -0.384 e. The van der Waals surface area contributed by atoms with Gasteiger partial charge in [-0.05, 0) is 50.4 Å². The third-order valence-corrected chi connectivity index (χ3v) is 4.27. The second kappa shape index (κ2) is 7.20.